The maximum Gasteiger partial charge on any atom is 0.335 e. The van der Waals surface area contributed by atoms with Crippen LogP contribution in [0.1, 0.15) is 90.0 Å². The summed E-state index contributed by atoms with van der Waals surface area (Å²) < 4.78 is 10.9. The second-order valence-corrected chi connectivity index (χ2v) is 12.4. The minimum atomic E-state index is -1.12. The first-order valence-electron chi connectivity index (χ1n) is 13.3. The number of carbonyl (C=O) groups excluding carboxylic acids is 1. The van der Waals surface area contributed by atoms with Crippen molar-refractivity contribution in [1.82, 2.24) is 0 Å². The van der Waals surface area contributed by atoms with E-state index in [1.54, 1.807) is 20.1 Å². The highest BCUT2D eigenvalue weighted by atomic mass is 16.5. The molecule has 0 radical (unpaired) electrons. The molecule has 35 heavy (non-hydrogen) atoms. The molecule has 4 saturated carbocycles. The van der Waals surface area contributed by atoms with E-state index < -0.39 is 16.6 Å². The molecule has 0 aliphatic heterocycles. The fourth-order valence-corrected chi connectivity index (χ4v) is 8.82. The third-order valence-corrected chi connectivity index (χ3v) is 10.8. The van der Waals surface area contributed by atoms with Crippen LogP contribution in [0.25, 0.3) is 0 Å². The average molecular weight is 489 g/mol. The number of rotatable bonds is 4. The van der Waals surface area contributed by atoms with Gasteiger partial charge in [-0.3, -0.25) is 4.79 Å². The van der Waals surface area contributed by atoms with Gasteiger partial charge in [0, 0.05) is 23.3 Å². The van der Waals surface area contributed by atoms with Crippen molar-refractivity contribution in [3.8, 4) is 0 Å². The van der Waals surface area contributed by atoms with Crippen LogP contribution in [0, 0.1) is 28.6 Å². The van der Waals surface area contributed by atoms with E-state index in [0.717, 1.165) is 24.8 Å². The molecule has 0 amide bonds. The molecule has 0 saturated heterocycles. The molecule has 4 fully saturated rings. The number of aliphatic hydroxyl groups is 3. The molecule has 5 rings (SSSR count). The van der Waals surface area contributed by atoms with Gasteiger partial charge < -0.3 is 24.5 Å². The smallest absolute Gasteiger partial charge is 0.335 e. The Kier molecular flexibility index (Phi) is 6.01. The molecule has 1 heterocycles. The molecule has 8 atom stereocenters. The Hall–Kier alpha value is -1.70. The van der Waals surface area contributed by atoms with E-state index in [-0.39, 0.29) is 53.4 Å². The highest BCUT2D eigenvalue weighted by molar-refractivity contribution is 5.71. The summed E-state index contributed by atoms with van der Waals surface area (Å²) in [5, 5.41) is 35.1. The van der Waals surface area contributed by atoms with Gasteiger partial charge in [0.2, 0.25) is 0 Å². The van der Waals surface area contributed by atoms with Crippen LogP contribution in [0.15, 0.2) is 27.6 Å². The first kappa shape index (κ1) is 25.0. The van der Waals surface area contributed by atoms with Crippen molar-refractivity contribution in [3.63, 3.8) is 0 Å². The van der Waals surface area contributed by atoms with Gasteiger partial charge in [-0.1, -0.05) is 20.8 Å². The lowest BCUT2D eigenvalue weighted by atomic mass is 9.41. The van der Waals surface area contributed by atoms with Gasteiger partial charge in [0.1, 0.15) is 6.10 Å². The Morgan fingerprint density at radius 3 is 2.49 bits per heavy atom. The van der Waals surface area contributed by atoms with Crippen molar-refractivity contribution >= 4 is 5.97 Å². The predicted molar refractivity (Wildman–Crippen MR) is 128 cm³/mol. The van der Waals surface area contributed by atoms with Crippen LogP contribution in [-0.2, 0) is 9.53 Å². The standard InChI is InChI=1S/C28H40O7/c1-17(2)24(31)35-19-6-11-26(16-29)21-7-10-25(3)20(18-4-5-23(30)34-15-18)9-13-28(25,33)22(21)8-12-27(26,32)14-19/h4-5,15,17,19-22,29,32-33H,6-14,16H2,1-3H3/t19-,20+,21-,22+,25+,26-,27-,28-/m0/s1. The Bertz CT molecular complexity index is 1010. The number of hydrogen-bond acceptors (Lipinski definition) is 7. The van der Waals surface area contributed by atoms with Crippen LogP contribution in [0.2, 0.25) is 0 Å². The van der Waals surface area contributed by atoms with Crippen LogP contribution >= 0.6 is 0 Å². The van der Waals surface area contributed by atoms with Crippen molar-refractivity contribution in [3.05, 3.63) is 34.4 Å². The zero-order chi connectivity index (χ0) is 25.2. The maximum absolute atomic E-state index is 12.3. The van der Waals surface area contributed by atoms with Crippen molar-refractivity contribution < 1.29 is 29.3 Å². The van der Waals surface area contributed by atoms with Gasteiger partial charge in [0.25, 0.3) is 0 Å². The molecular formula is C28H40O7. The Balaban J connectivity index is 1.43. The molecule has 0 spiro atoms. The van der Waals surface area contributed by atoms with Crippen LogP contribution in [0.4, 0.5) is 0 Å². The number of hydrogen-bond donors (Lipinski definition) is 3. The summed E-state index contributed by atoms with van der Waals surface area (Å²) in [6.07, 6.45) is 6.96. The molecule has 0 unspecified atom stereocenters. The minimum absolute atomic E-state index is 0.00136. The fraction of sp³-hybridized carbons (Fsp3) is 0.786. The van der Waals surface area contributed by atoms with E-state index in [1.165, 1.54) is 6.07 Å². The molecule has 194 valence electrons. The van der Waals surface area contributed by atoms with Gasteiger partial charge in [-0.05, 0) is 80.8 Å². The first-order chi connectivity index (χ1) is 16.5. The van der Waals surface area contributed by atoms with Crippen LogP contribution in [-0.4, -0.2) is 45.2 Å². The number of aliphatic hydroxyl groups excluding tert-OH is 1. The van der Waals surface area contributed by atoms with Gasteiger partial charge in [-0.25, -0.2) is 4.79 Å². The predicted octanol–water partition coefficient (Wildman–Crippen LogP) is 3.54. The molecular weight excluding hydrogens is 448 g/mol. The highest BCUT2D eigenvalue weighted by Gasteiger charge is 2.71. The van der Waals surface area contributed by atoms with Gasteiger partial charge in [0.05, 0.1) is 30.0 Å². The van der Waals surface area contributed by atoms with Crippen LogP contribution in [0.3, 0.4) is 0 Å². The normalized spacial score (nSPS) is 44.9. The van der Waals surface area contributed by atoms with E-state index in [9.17, 15) is 24.9 Å². The quantitative estimate of drug-likeness (QED) is 0.555. The summed E-state index contributed by atoms with van der Waals surface area (Å²) in [5.74, 6) is -0.402. The largest absolute Gasteiger partial charge is 0.462 e. The van der Waals surface area contributed by atoms with Gasteiger partial charge in [0.15, 0.2) is 0 Å². The van der Waals surface area contributed by atoms with E-state index in [4.69, 9.17) is 9.15 Å². The second-order valence-electron chi connectivity index (χ2n) is 12.4. The molecule has 1 aromatic heterocycles. The van der Waals surface area contributed by atoms with Crippen molar-refractivity contribution in [2.45, 2.75) is 102 Å². The lowest BCUT2D eigenvalue weighted by Gasteiger charge is -2.66. The molecule has 1 aromatic rings. The molecule has 0 aromatic carbocycles. The average Bonchev–Trinajstić information content (AvgIpc) is 3.10. The van der Waals surface area contributed by atoms with Crippen molar-refractivity contribution in [2.75, 3.05) is 6.61 Å². The summed E-state index contributed by atoms with van der Waals surface area (Å²) in [7, 11) is 0. The molecule has 3 N–H and O–H groups in total. The third kappa shape index (κ3) is 3.48. The van der Waals surface area contributed by atoms with E-state index in [2.05, 4.69) is 6.92 Å². The second kappa shape index (κ2) is 8.42. The van der Waals surface area contributed by atoms with E-state index in [1.807, 2.05) is 6.07 Å². The number of ether oxygens (including phenoxy) is 1. The molecule has 7 heteroatoms. The maximum atomic E-state index is 12.3. The summed E-state index contributed by atoms with van der Waals surface area (Å²) >= 11 is 0. The van der Waals surface area contributed by atoms with Crippen molar-refractivity contribution in [2.24, 2.45) is 28.6 Å². The van der Waals surface area contributed by atoms with Crippen molar-refractivity contribution in [1.29, 1.82) is 0 Å². The topological polar surface area (TPSA) is 117 Å². The van der Waals surface area contributed by atoms with E-state index >= 15 is 0 Å². The third-order valence-electron chi connectivity index (χ3n) is 10.8. The minimum Gasteiger partial charge on any atom is -0.462 e. The Morgan fingerprint density at radius 2 is 1.83 bits per heavy atom. The van der Waals surface area contributed by atoms with Crippen LogP contribution in [0.5, 0.6) is 0 Å². The van der Waals surface area contributed by atoms with Gasteiger partial charge >= 0.3 is 11.6 Å². The number of carbonyl (C=O) groups is 1. The molecule has 0 bridgehead atoms. The first-order valence-corrected chi connectivity index (χ1v) is 13.3. The fourth-order valence-electron chi connectivity index (χ4n) is 8.82. The molecule has 4 aliphatic carbocycles. The summed E-state index contributed by atoms with van der Waals surface area (Å²) in [5.41, 5.74) is -2.52. The summed E-state index contributed by atoms with van der Waals surface area (Å²) in [4.78, 5) is 23.7. The lowest BCUT2D eigenvalue weighted by molar-refractivity contribution is -0.269. The van der Waals surface area contributed by atoms with Gasteiger partial charge in [-0.15, -0.1) is 0 Å². The summed E-state index contributed by atoms with van der Waals surface area (Å²) in [6, 6.07) is 3.28. The SMILES string of the molecule is CC(C)C(=O)O[C@H]1CC[C@]2(CO)[C@H]3CC[C@]4(C)[C@@H](c5ccc(=O)oc5)CC[C@]4(O)[C@@H]3CC[C@]2(O)C1. The highest BCUT2D eigenvalue weighted by Crippen LogP contribution is 2.71. The number of esters is 1. The summed E-state index contributed by atoms with van der Waals surface area (Å²) in [6.45, 7) is 5.65. The Morgan fingerprint density at radius 1 is 1.09 bits per heavy atom. The number of fused-ring (bicyclic) bond motifs is 5. The van der Waals surface area contributed by atoms with E-state index in [0.29, 0.717) is 38.5 Å². The lowest BCUT2D eigenvalue weighted by Crippen LogP contribution is -2.69. The molecule has 4 aliphatic rings. The zero-order valence-corrected chi connectivity index (χ0v) is 21.2. The Labute approximate surface area is 206 Å². The zero-order valence-electron chi connectivity index (χ0n) is 21.2. The van der Waals surface area contributed by atoms with Gasteiger partial charge in [-0.2, -0.15) is 0 Å². The van der Waals surface area contributed by atoms with Crippen LogP contribution < -0.4 is 5.63 Å². The molecule has 7 nitrogen and oxygen atoms in total. The monoisotopic (exact) mass is 488 g/mol.